The van der Waals surface area contributed by atoms with Crippen LogP contribution in [0.1, 0.15) is 24.2 Å². The SMILES string of the molecule is CNC(=O)c1cccc(NC(=O)CN2C(=O)NC(C(C)C)C2=O)c1. The van der Waals surface area contributed by atoms with E-state index in [9.17, 15) is 19.2 Å². The van der Waals surface area contributed by atoms with Crippen molar-refractivity contribution in [2.45, 2.75) is 19.9 Å². The minimum Gasteiger partial charge on any atom is -0.355 e. The molecule has 5 amide bonds. The molecule has 1 unspecified atom stereocenters. The summed E-state index contributed by atoms with van der Waals surface area (Å²) in [5.41, 5.74) is 0.804. The number of rotatable bonds is 5. The minimum atomic E-state index is -0.609. The molecule has 0 saturated carbocycles. The van der Waals surface area contributed by atoms with Gasteiger partial charge in [0.2, 0.25) is 5.91 Å². The van der Waals surface area contributed by atoms with Crippen molar-refractivity contribution in [3.63, 3.8) is 0 Å². The number of nitrogens with one attached hydrogen (secondary N) is 3. The standard InChI is InChI=1S/C16H20N4O4/c1-9(2)13-15(23)20(16(24)19-13)8-12(21)18-11-6-4-5-10(7-11)14(22)17-3/h4-7,9,13H,8H2,1-3H3,(H,17,22)(H,18,21)(H,19,24). The van der Waals surface area contributed by atoms with Crippen LogP contribution in [-0.2, 0) is 9.59 Å². The fraction of sp³-hybridized carbons (Fsp3) is 0.375. The van der Waals surface area contributed by atoms with Crippen LogP contribution in [0.2, 0.25) is 0 Å². The summed E-state index contributed by atoms with van der Waals surface area (Å²) in [5, 5.41) is 7.63. The van der Waals surface area contributed by atoms with Crippen LogP contribution in [0, 0.1) is 5.92 Å². The van der Waals surface area contributed by atoms with Crippen LogP contribution in [0.4, 0.5) is 10.5 Å². The molecule has 1 aromatic rings. The number of anilines is 1. The highest BCUT2D eigenvalue weighted by Crippen LogP contribution is 2.15. The molecule has 0 aromatic heterocycles. The Hall–Kier alpha value is -2.90. The maximum absolute atomic E-state index is 12.1. The van der Waals surface area contributed by atoms with Crippen LogP contribution in [0.25, 0.3) is 0 Å². The molecule has 1 heterocycles. The molecule has 8 nitrogen and oxygen atoms in total. The second kappa shape index (κ2) is 7.12. The zero-order valence-corrected chi connectivity index (χ0v) is 13.8. The third-order valence-electron chi connectivity index (χ3n) is 3.66. The van der Waals surface area contributed by atoms with Gasteiger partial charge in [0, 0.05) is 18.3 Å². The van der Waals surface area contributed by atoms with Crippen molar-refractivity contribution in [2.24, 2.45) is 5.92 Å². The molecule has 1 aliphatic rings. The van der Waals surface area contributed by atoms with E-state index in [-0.39, 0.29) is 18.4 Å². The molecule has 0 spiro atoms. The molecular formula is C16H20N4O4. The van der Waals surface area contributed by atoms with Gasteiger partial charge >= 0.3 is 6.03 Å². The Labute approximate surface area is 139 Å². The van der Waals surface area contributed by atoms with Crippen molar-refractivity contribution in [1.29, 1.82) is 0 Å². The third-order valence-corrected chi connectivity index (χ3v) is 3.66. The fourth-order valence-corrected chi connectivity index (χ4v) is 2.37. The molecule has 1 atom stereocenters. The summed E-state index contributed by atoms with van der Waals surface area (Å²) in [7, 11) is 1.51. The number of carbonyl (C=O) groups excluding carboxylic acids is 4. The molecule has 24 heavy (non-hydrogen) atoms. The highest BCUT2D eigenvalue weighted by molar-refractivity contribution is 6.08. The topological polar surface area (TPSA) is 108 Å². The third kappa shape index (κ3) is 3.70. The molecular weight excluding hydrogens is 312 g/mol. The highest BCUT2D eigenvalue weighted by Gasteiger charge is 2.40. The van der Waals surface area contributed by atoms with Gasteiger partial charge in [-0.05, 0) is 24.1 Å². The molecule has 0 radical (unpaired) electrons. The second-order valence-corrected chi connectivity index (χ2v) is 5.80. The maximum atomic E-state index is 12.1. The van der Waals surface area contributed by atoms with Gasteiger partial charge in [0.15, 0.2) is 0 Å². The maximum Gasteiger partial charge on any atom is 0.325 e. The molecule has 3 N–H and O–H groups in total. The van der Waals surface area contributed by atoms with Gasteiger partial charge in [-0.1, -0.05) is 19.9 Å². The van der Waals surface area contributed by atoms with Crippen molar-refractivity contribution in [3.8, 4) is 0 Å². The lowest BCUT2D eigenvalue weighted by Gasteiger charge is -2.14. The number of hydrogen-bond donors (Lipinski definition) is 3. The Bertz CT molecular complexity index is 686. The predicted molar refractivity (Wildman–Crippen MR) is 87.3 cm³/mol. The Kier molecular flexibility index (Phi) is 5.18. The lowest BCUT2D eigenvalue weighted by Crippen LogP contribution is -2.39. The molecule has 128 valence electrons. The van der Waals surface area contributed by atoms with Crippen molar-refractivity contribution in [1.82, 2.24) is 15.5 Å². The Morgan fingerprint density at radius 3 is 2.58 bits per heavy atom. The van der Waals surface area contributed by atoms with Gasteiger partial charge in [0.05, 0.1) is 0 Å². The first-order valence-corrected chi connectivity index (χ1v) is 7.57. The number of nitrogens with zero attached hydrogens (tertiary/aromatic N) is 1. The molecule has 1 saturated heterocycles. The zero-order chi connectivity index (χ0) is 17.9. The first kappa shape index (κ1) is 17.5. The van der Waals surface area contributed by atoms with E-state index in [1.54, 1.807) is 18.2 Å². The number of amides is 5. The first-order chi connectivity index (χ1) is 11.3. The van der Waals surface area contributed by atoms with Crippen LogP contribution < -0.4 is 16.0 Å². The van der Waals surface area contributed by atoms with E-state index in [1.165, 1.54) is 13.1 Å². The normalized spacial score (nSPS) is 17.0. The van der Waals surface area contributed by atoms with Gasteiger partial charge in [-0.2, -0.15) is 0 Å². The molecule has 1 aromatic carbocycles. The molecule has 0 bridgehead atoms. The van der Waals surface area contributed by atoms with Crippen LogP contribution >= 0.6 is 0 Å². The summed E-state index contributed by atoms with van der Waals surface area (Å²) < 4.78 is 0. The summed E-state index contributed by atoms with van der Waals surface area (Å²) in [6.07, 6.45) is 0. The van der Waals surface area contributed by atoms with Gasteiger partial charge in [-0.15, -0.1) is 0 Å². The molecule has 8 heteroatoms. The van der Waals surface area contributed by atoms with Crippen molar-refractivity contribution < 1.29 is 19.2 Å². The van der Waals surface area contributed by atoms with Crippen molar-refractivity contribution in [2.75, 3.05) is 18.9 Å². The number of carbonyl (C=O) groups is 4. The van der Waals surface area contributed by atoms with Gasteiger partial charge in [0.25, 0.3) is 11.8 Å². The lowest BCUT2D eigenvalue weighted by atomic mass is 10.1. The number of imide groups is 1. The summed E-state index contributed by atoms with van der Waals surface area (Å²) in [6.45, 7) is 3.26. The Morgan fingerprint density at radius 2 is 2.00 bits per heavy atom. The average molecular weight is 332 g/mol. The largest absolute Gasteiger partial charge is 0.355 e. The monoisotopic (exact) mass is 332 g/mol. The number of hydrogen-bond acceptors (Lipinski definition) is 4. The summed E-state index contributed by atoms with van der Waals surface area (Å²) in [5.74, 6) is -1.26. The fourth-order valence-electron chi connectivity index (χ4n) is 2.37. The van der Waals surface area contributed by atoms with E-state index < -0.39 is 23.9 Å². The van der Waals surface area contributed by atoms with Crippen LogP contribution in [0.5, 0.6) is 0 Å². The van der Waals surface area contributed by atoms with Gasteiger partial charge in [0.1, 0.15) is 12.6 Å². The summed E-state index contributed by atoms with van der Waals surface area (Å²) >= 11 is 0. The lowest BCUT2D eigenvalue weighted by molar-refractivity contribution is -0.131. The molecule has 1 aliphatic heterocycles. The Morgan fingerprint density at radius 1 is 1.29 bits per heavy atom. The van der Waals surface area contributed by atoms with E-state index in [2.05, 4.69) is 16.0 Å². The first-order valence-electron chi connectivity index (χ1n) is 7.57. The van der Waals surface area contributed by atoms with E-state index in [0.29, 0.717) is 11.3 Å². The van der Waals surface area contributed by atoms with Crippen LogP contribution in [0.15, 0.2) is 24.3 Å². The van der Waals surface area contributed by atoms with Gasteiger partial charge in [-0.25, -0.2) is 4.79 Å². The average Bonchev–Trinajstić information content (AvgIpc) is 2.82. The smallest absolute Gasteiger partial charge is 0.325 e. The van der Waals surface area contributed by atoms with Gasteiger partial charge in [-0.3, -0.25) is 19.3 Å². The molecule has 1 fully saturated rings. The molecule has 0 aliphatic carbocycles. The quantitative estimate of drug-likeness (QED) is 0.685. The minimum absolute atomic E-state index is 0.0567. The van der Waals surface area contributed by atoms with Crippen LogP contribution in [-0.4, -0.2) is 48.3 Å². The second-order valence-electron chi connectivity index (χ2n) is 5.80. The molecule has 2 rings (SSSR count). The zero-order valence-electron chi connectivity index (χ0n) is 13.8. The number of benzene rings is 1. The van der Waals surface area contributed by atoms with Crippen LogP contribution in [0.3, 0.4) is 0 Å². The summed E-state index contributed by atoms with van der Waals surface area (Å²) in [6, 6.07) is 5.18. The Balaban J connectivity index is 2.02. The van der Waals surface area contributed by atoms with E-state index in [0.717, 1.165) is 4.90 Å². The van der Waals surface area contributed by atoms with Gasteiger partial charge < -0.3 is 16.0 Å². The summed E-state index contributed by atoms with van der Waals surface area (Å²) in [4.78, 5) is 48.5. The van der Waals surface area contributed by atoms with E-state index in [4.69, 9.17) is 0 Å². The number of urea groups is 1. The van der Waals surface area contributed by atoms with Crippen molar-refractivity contribution in [3.05, 3.63) is 29.8 Å². The van der Waals surface area contributed by atoms with Crippen molar-refractivity contribution >= 4 is 29.4 Å². The van der Waals surface area contributed by atoms with E-state index >= 15 is 0 Å². The predicted octanol–water partition coefficient (Wildman–Crippen LogP) is 0.561. The highest BCUT2D eigenvalue weighted by atomic mass is 16.2. The van der Waals surface area contributed by atoms with E-state index in [1.807, 2.05) is 13.8 Å².